The fourth-order valence-corrected chi connectivity index (χ4v) is 4.58. The molecule has 0 saturated carbocycles. The molecule has 116 valence electrons. The van der Waals surface area contributed by atoms with Crippen molar-refractivity contribution in [3.8, 4) is 6.07 Å². The summed E-state index contributed by atoms with van der Waals surface area (Å²) in [5.74, 6) is 0.769. The molecule has 0 aromatic carbocycles. The number of ketones is 1. The Morgan fingerprint density at radius 2 is 2.32 bits per heavy atom. The van der Waals surface area contributed by atoms with Crippen molar-refractivity contribution in [2.45, 2.75) is 39.5 Å². The smallest absolute Gasteiger partial charge is 0.158 e. The van der Waals surface area contributed by atoms with Gasteiger partial charge in [-0.1, -0.05) is 19.4 Å². The minimum Gasteiger partial charge on any atom is -0.353 e. The Balaban J connectivity index is 2.46. The molecule has 3 nitrogen and oxygen atoms in total. The Labute approximate surface area is 140 Å². The summed E-state index contributed by atoms with van der Waals surface area (Å²) in [6.07, 6.45) is 2.24. The van der Waals surface area contributed by atoms with Gasteiger partial charge in [0.15, 0.2) is 5.78 Å². The van der Waals surface area contributed by atoms with Crippen molar-refractivity contribution >= 4 is 28.9 Å². The molecule has 0 spiro atoms. The molecule has 1 aliphatic rings. The normalized spacial score (nSPS) is 18.2. The van der Waals surface area contributed by atoms with Crippen molar-refractivity contribution in [3.05, 3.63) is 44.3 Å². The second-order valence-corrected chi connectivity index (χ2v) is 7.31. The van der Waals surface area contributed by atoms with E-state index >= 15 is 0 Å². The number of dihydropyridines is 1. The van der Waals surface area contributed by atoms with Gasteiger partial charge in [0.1, 0.15) is 0 Å². The lowest BCUT2D eigenvalue weighted by Gasteiger charge is -2.28. The molecule has 1 aromatic rings. The molecular formula is C17H20N2OS2. The number of carbonyl (C=O) groups excluding carboxylic acids is 1. The van der Waals surface area contributed by atoms with Gasteiger partial charge in [-0.2, -0.15) is 5.26 Å². The zero-order valence-corrected chi connectivity index (χ0v) is 14.7. The monoisotopic (exact) mass is 332 g/mol. The largest absolute Gasteiger partial charge is 0.353 e. The fraction of sp³-hybridized carbons (Fsp3) is 0.412. The van der Waals surface area contributed by atoms with Crippen LogP contribution in [-0.4, -0.2) is 11.5 Å². The van der Waals surface area contributed by atoms with Crippen molar-refractivity contribution < 1.29 is 4.79 Å². The molecule has 5 heteroatoms. The summed E-state index contributed by atoms with van der Waals surface area (Å²) in [5, 5.41) is 15.9. The number of hydrogen-bond acceptors (Lipinski definition) is 5. The van der Waals surface area contributed by atoms with E-state index in [1.807, 2.05) is 24.4 Å². The van der Waals surface area contributed by atoms with Gasteiger partial charge in [0.2, 0.25) is 0 Å². The molecule has 0 aliphatic carbocycles. The molecule has 0 saturated heterocycles. The minimum absolute atomic E-state index is 0.0220. The first-order valence-electron chi connectivity index (χ1n) is 7.39. The highest BCUT2D eigenvalue weighted by atomic mass is 32.2. The van der Waals surface area contributed by atoms with Crippen molar-refractivity contribution in [1.29, 1.82) is 5.26 Å². The molecule has 1 unspecified atom stereocenters. The van der Waals surface area contributed by atoms with E-state index in [2.05, 4.69) is 18.3 Å². The van der Waals surface area contributed by atoms with Crippen LogP contribution in [0.2, 0.25) is 0 Å². The summed E-state index contributed by atoms with van der Waals surface area (Å²) in [7, 11) is 0. The average molecular weight is 332 g/mol. The Hall–Kier alpha value is -1.51. The van der Waals surface area contributed by atoms with Crippen LogP contribution < -0.4 is 5.32 Å². The SMILES string of the molecule is CCCCSC1=C(C#N)C(c2cccs2)C(C(C)=O)=C(C)N1. The van der Waals surface area contributed by atoms with Gasteiger partial charge in [-0.3, -0.25) is 4.79 Å². The van der Waals surface area contributed by atoms with E-state index in [0.717, 1.165) is 34.2 Å². The van der Waals surface area contributed by atoms with Crippen LogP contribution in [-0.2, 0) is 4.79 Å². The van der Waals surface area contributed by atoms with Crippen LogP contribution in [0, 0.1) is 11.3 Å². The quantitative estimate of drug-likeness (QED) is 0.776. The number of carbonyl (C=O) groups is 1. The van der Waals surface area contributed by atoms with E-state index in [-0.39, 0.29) is 11.7 Å². The number of Topliss-reactive ketones (excluding diaryl/α,β-unsaturated/α-hetero) is 1. The predicted octanol–water partition coefficient (Wildman–Crippen LogP) is 4.57. The zero-order chi connectivity index (χ0) is 16.1. The van der Waals surface area contributed by atoms with Gasteiger partial charge in [-0.15, -0.1) is 23.1 Å². The molecule has 1 atom stereocenters. The molecule has 2 heterocycles. The summed E-state index contributed by atoms with van der Waals surface area (Å²) in [4.78, 5) is 13.2. The van der Waals surface area contributed by atoms with E-state index in [9.17, 15) is 10.1 Å². The number of rotatable bonds is 6. The summed E-state index contributed by atoms with van der Waals surface area (Å²) >= 11 is 3.27. The Morgan fingerprint density at radius 3 is 2.86 bits per heavy atom. The van der Waals surface area contributed by atoms with Crippen LogP contribution in [0.25, 0.3) is 0 Å². The van der Waals surface area contributed by atoms with Crippen LogP contribution in [0.15, 0.2) is 39.4 Å². The number of nitrogens with zero attached hydrogens (tertiary/aromatic N) is 1. The molecule has 22 heavy (non-hydrogen) atoms. The van der Waals surface area contributed by atoms with Gasteiger partial charge in [0, 0.05) is 16.1 Å². The third-order valence-electron chi connectivity index (χ3n) is 3.60. The standard InChI is InChI=1S/C17H20N2OS2/c1-4-5-8-22-17-13(10-18)16(14-7-6-9-21-14)15(12(3)20)11(2)19-17/h6-7,9,16,19H,4-5,8H2,1-3H3. The maximum absolute atomic E-state index is 12.1. The lowest BCUT2D eigenvalue weighted by Crippen LogP contribution is -2.26. The first kappa shape index (κ1) is 16.9. The number of hydrogen-bond donors (Lipinski definition) is 1. The first-order chi connectivity index (χ1) is 10.6. The van der Waals surface area contributed by atoms with E-state index in [1.54, 1.807) is 30.0 Å². The van der Waals surface area contributed by atoms with Gasteiger partial charge in [-0.25, -0.2) is 0 Å². The number of unbranched alkanes of at least 4 members (excludes halogenated alkanes) is 1. The number of thioether (sulfide) groups is 1. The molecule has 0 amide bonds. The van der Waals surface area contributed by atoms with Crippen LogP contribution in [0.4, 0.5) is 0 Å². The van der Waals surface area contributed by atoms with Crippen molar-refractivity contribution in [2.24, 2.45) is 0 Å². The highest BCUT2D eigenvalue weighted by molar-refractivity contribution is 8.03. The van der Waals surface area contributed by atoms with Crippen LogP contribution in [0.5, 0.6) is 0 Å². The maximum Gasteiger partial charge on any atom is 0.158 e. The van der Waals surface area contributed by atoms with E-state index in [4.69, 9.17) is 0 Å². The summed E-state index contributed by atoms with van der Waals surface area (Å²) in [5.41, 5.74) is 2.24. The summed E-state index contributed by atoms with van der Waals surface area (Å²) < 4.78 is 0. The minimum atomic E-state index is -0.229. The summed E-state index contributed by atoms with van der Waals surface area (Å²) in [6.45, 7) is 5.65. The van der Waals surface area contributed by atoms with Crippen LogP contribution in [0.1, 0.15) is 44.4 Å². The number of nitriles is 1. The third kappa shape index (κ3) is 3.45. The molecule has 1 aliphatic heterocycles. The average Bonchev–Trinajstić information content (AvgIpc) is 3.00. The molecule has 2 rings (SSSR count). The topological polar surface area (TPSA) is 52.9 Å². The van der Waals surface area contributed by atoms with E-state index in [1.165, 1.54) is 0 Å². The van der Waals surface area contributed by atoms with Gasteiger partial charge >= 0.3 is 0 Å². The lowest BCUT2D eigenvalue weighted by molar-refractivity contribution is -0.113. The fourth-order valence-electron chi connectivity index (χ4n) is 2.55. The third-order valence-corrected chi connectivity index (χ3v) is 5.64. The predicted molar refractivity (Wildman–Crippen MR) is 93.6 cm³/mol. The number of thiophene rings is 1. The molecule has 0 radical (unpaired) electrons. The lowest BCUT2D eigenvalue weighted by atomic mass is 9.85. The Kier molecular flexibility index (Phi) is 5.87. The second-order valence-electron chi connectivity index (χ2n) is 5.22. The van der Waals surface area contributed by atoms with Crippen molar-refractivity contribution in [1.82, 2.24) is 5.32 Å². The van der Waals surface area contributed by atoms with Crippen LogP contribution >= 0.6 is 23.1 Å². The Morgan fingerprint density at radius 1 is 1.55 bits per heavy atom. The molecule has 1 N–H and O–H groups in total. The maximum atomic E-state index is 12.1. The van der Waals surface area contributed by atoms with Crippen molar-refractivity contribution in [3.63, 3.8) is 0 Å². The van der Waals surface area contributed by atoms with E-state index in [0.29, 0.717) is 11.1 Å². The van der Waals surface area contributed by atoms with Crippen LogP contribution in [0.3, 0.4) is 0 Å². The van der Waals surface area contributed by atoms with Gasteiger partial charge in [0.25, 0.3) is 0 Å². The van der Waals surface area contributed by atoms with Crippen molar-refractivity contribution in [2.75, 3.05) is 5.75 Å². The molecule has 0 bridgehead atoms. The second kappa shape index (κ2) is 7.66. The number of allylic oxidation sites excluding steroid dienone is 3. The highest BCUT2D eigenvalue weighted by Gasteiger charge is 2.33. The summed E-state index contributed by atoms with van der Waals surface area (Å²) in [6, 6.07) is 6.31. The highest BCUT2D eigenvalue weighted by Crippen LogP contribution is 2.42. The molecule has 1 aromatic heterocycles. The van der Waals surface area contributed by atoms with E-state index < -0.39 is 0 Å². The molecular weight excluding hydrogens is 312 g/mol. The van der Waals surface area contributed by atoms with Gasteiger partial charge in [-0.05, 0) is 37.5 Å². The van der Waals surface area contributed by atoms with Gasteiger partial charge in [0.05, 0.1) is 22.6 Å². The molecule has 0 fully saturated rings. The Bertz CT molecular complexity index is 651. The number of nitrogens with one attached hydrogen (secondary N) is 1. The zero-order valence-electron chi connectivity index (χ0n) is 13.1. The van der Waals surface area contributed by atoms with Gasteiger partial charge < -0.3 is 5.32 Å². The first-order valence-corrected chi connectivity index (χ1v) is 9.25.